The molecule has 2 rings (SSSR count). The summed E-state index contributed by atoms with van der Waals surface area (Å²) >= 11 is 5.83. The van der Waals surface area contributed by atoms with Crippen LogP contribution in [0.4, 0.5) is 19.3 Å². The number of amides is 2. The van der Waals surface area contributed by atoms with Crippen molar-refractivity contribution in [3.63, 3.8) is 0 Å². The average Bonchev–Trinajstić information content (AvgIpc) is 2.51. The fourth-order valence-corrected chi connectivity index (χ4v) is 2.18. The summed E-state index contributed by atoms with van der Waals surface area (Å²) in [4.78, 5) is 11.6. The minimum Gasteiger partial charge on any atom is -0.388 e. The first-order chi connectivity index (χ1) is 11.0. The lowest BCUT2D eigenvalue weighted by Crippen LogP contribution is -2.31. The van der Waals surface area contributed by atoms with E-state index in [1.807, 2.05) is 0 Å². The third kappa shape index (κ3) is 4.91. The molecule has 0 aliphatic heterocycles. The van der Waals surface area contributed by atoms with E-state index in [1.165, 1.54) is 6.07 Å². The van der Waals surface area contributed by atoms with Crippen molar-refractivity contribution in [2.75, 3.05) is 11.9 Å². The molecular formula is C16H15ClF2N2O2. The molecule has 7 heteroatoms. The van der Waals surface area contributed by atoms with Gasteiger partial charge in [-0.1, -0.05) is 29.8 Å². The predicted octanol–water partition coefficient (Wildman–Crippen LogP) is 3.86. The van der Waals surface area contributed by atoms with E-state index in [-0.39, 0.29) is 13.0 Å². The first kappa shape index (κ1) is 17.2. The molecule has 2 amide bonds. The standard InChI is InChI=1S/C16H15ClF2N2O2/c17-11-4-1-3-10(9-11)14(22)7-8-20-16(23)21-15-12(18)5-2-6-13(15)19/h1-6,9,14,22H,7-8H2,(H2,20,21,23). The van der Waals surface area contributed by atoms with E-state index in [0.717, 1.165) is 12.1 Å². The van der Waals surface area contributed by atoms with Gasteiger partial charge in [0.05, 0.1) is 6.10 Å². The monoisotopic (exact) mass is 340 g/mol. The maximum Gasteiger partial charge on any atom is 0.319 e. The summed E-state index contributed by atoms with van der Waals surface area (Å²) in [6.45, 7) is 0.121. The molecule has 1 atom stereocenters. The lowest BCUT2D eigenvalue weighted by molar-refractivity contribution is 0.167. The van der Waals surface area contributed by atoms with E-state index in [2.05, 4.69) is 10.6 Å². The SMILES string of the molecule is O=C(NCCC(O)c1cccc(Cl)c1)Nc1c(F)cccc1F. The summed E-state index contributed by atoms with van der Waals surface area (Å²) < 4.78 is 26.8. The van der Waals surface area contributed by atoms with Crippen LogP contribution in [0.3, 0.4) is 0 Å². The summed E-state index contributed by atoms with van der Waals surface area (Å²) in [7, 11) is 0. The Balaban J connectivity index is 1.83. The molecule has 1 unspecified atom stereocenters. The van der Waals surface area contributed by atoms with Gasteiger partial charge in [0.15, 0.2) is 0 Å². The van der Waals surface area contributed by atoms with Crippen LogP contribution in [-0.4, -0.2) is 17.7 Å². The molecule has 4 nitrogen and oxygen atoms in total. The van der Waals surface area contributed by atoms with Crippen molar-refractivity contribution in [2.45, 2.75) is 12.5 Å². The lowest BCUT2D eigenvalue weighted by Gasteiger charge is -2.13. The molecule has 0 spiro atoms. The number of para-hydroxylation sites is 1. The number of carbonyl (C=O) groups excluding carboxylic acids is 1. The Morgan fingerprint density at radius 2 is 1.83 bits per heavy atom. The number of aliphatic hydroxyl groups is 1. The molecule has 0 heterocycles. The smallest absolute Gasteiger partial charge is 0.319 e. The van der Waals surface area contributed by atoms with Crippen LogP contribution in [0.2, 0.25) is 5.02 Å². The van der Waals surface area contributed by atoms with Crippen molar-refractivity contribution in [1.29, 1.82) is 0 Å². The second kappa shape index (κ2) is 7.89. The number of anilines is 1. The van der Waals surface area contributed by atoms with E-state index in [4.69, 9.17) is 11.6 Å². The summed E-state index contributed by atoms with van der Waals surface area (Å²) in [5.74, 6) is -1.72. The zero-order chi connectivity index (χ0) is 16.8. The van der Waals surface area contributed by atoms with Crippen LogP contribution < -0.4 is 10.6 Å². The van der Waals surface area contributed by atoms with Crippen LogP contribution in [0.15, 0.2) is 42.5 Å². The Morgan fingerprint density at radius 3 is 2.48 bits per heavy atom. The topological polar surface area (TPSA) is 61.4 Å². The number of halogens is 3. The molecule has 2 aromatic carbocycles. The van der Waals surface area contributed by atoms with Gasteiger partial charge >= 0.3 is 6.03 Å². The van der Waals surface area contributed by atoms with Crippen LogP contribution in [0.5, 0.6) is 0 Å². The van der Waals surface area contributed by atoms with Gasteiger partial charge in [0.1, 0.15) is 17.3 Å². The quantitative estimate of drug-likeness (QED) is 0.774. The van der Waals surface area contributed by atoms with Gasteiger partial charge in [0, 0.05) is 11.6 Å². The van der Waals surface area contributed by atoms with Crippen molar-refractivity contribution in [2.24, 2.45) is 0 Å². The molecule has 3 N–H and O–H groups in total. The maximum absolute atomic E-state index is 13.4. The van der Waals surface area contributed by atoms with E-state index < -0.39 is 29.5 Å². The van der Waals surface area contributed by atoms with Gasteiger partial charge in [-0.25, -0.2) is 13.6 Å². The average molecular weight is 341 g/mol. The lowest BCUT2D eigenvalue weighted by atomic mass is 10.1. The molecule has 23 heavy (non-hydrogen) atoms. The van der Waals surface area contributed by atoms with Gasteiger partial charge in [-0.05, 0) is 36.2 Å². The fourth-order valence-electron chi connectivity index (χ4n) is 1.98. The first-order valence-electron chi connectivity index (χ1n) is 6.90. The number of benzene rings is 2. The second-order valence-corrected chi connectivity index (χ2v) is 5.27. The Kier molecular flexibility index (Phi) is 5.90. The Bertz CT molecular complexity index is 677. The Hall–Kier alpha value is -2.18. The highest BCUT2D eigenvalue weighted by atomic mass is 35.5. The van der Waals surface area contributed by atoms with Crippen LogP contribution in [0.1, 0.15) is 18.1 Å². The molecule has 0 aliphatic carbocycles. The van der Waals surface area contributed by atoms with Crippen LogP contribution in [0.25, 0.3) is 0 Å². The Labute approximate surface area is 137 Å². The summed E-state index contributed by atoms with van der Waals surface area (Å²) in [5.41, 5.74) is 0.111. The zero-order valence-corrected chi connectivity index (χ0v) is 12.8. The van der Waals surface area contributed by atoms with Crippen molar-refractivity contribution >= 4 is 23.3 Å². The summed E-state index contributed by atoms with van der Waals surface area (Å²) in [6, 6.07) is 9.27. The summed E-state index contributed by atoms with van der Waals surface area (Å²) in [6.07, 6.45) is -0.577. The van der Waals surface area contributed by atoms with Gasteiger partial charge in [-0.15, -0.1) is 0 Å². The van der Waals surface area contributed by atoms with E-state index in [1.54, 1.807) is 24.3 Å². The number of urea groups is 1. The predicted molar refractivity (Wildman–Crippen MR) is 84.4 cm³/mol. The number of hydrogen-bond donors (Lipinski definition) is 3. The molecule has 0 saturated carbocycles. The van der Waals surface area contributed by atoms with E-state index in [0.29, 0.717) is 10.6 Å². The molecule has 0 radical (unpaired) electrons. The molecule has 122 valence electrons. The highest BCUT2D eigenvalue weighted by Crippen LogP contribution is 2.20. The minimum atomic E-state index is -0.862. The number of nitrogens with one attached hydrogen (secondary N) is 2. The molecule has 0 aliphatic rings. The van der Waals surface area contributed by atoms with Crippen molar-refractivity contribution < 1.29 is 18.7 Å². The van der Waals surface area contributed by atoms with Crippen molar-refractivity contribution in [1.82, 2.24) is 5.32 Å². The third-order valence-electron chi connectivity index (χ3n) is 3.14. The maximum atomic E-state index is 13.4. The highest BCUT2D eigenvalue weighted by molar-refractivity contribution is 6.30. The summed E-state index contributed by atoms with van der Waals surface area (Å²) in [5, 5.41) is 15.0. The molecule has 2 aromatic rings. The normalized spacial score (nSPS) is 11.8. The minimum absolute atomic E-state index is 0.121. The van der Waals surface area contributed by atoms with Gasteiger partial charge in [-0.2, -0.15) is 0 Å². The number of aliphatic hydroxyl groups excluding tert-OH is 1. The van der Waals surface area contributed by atoms with E-state index in [9.17, 15) is 18.7 Å². The van der Waals surface area contributed by atoms with Gasteiger partial charge in [0.2, 0.25) is 0 Å². The van der Waals surface area contributed by atoms with Gasteiger partial charge in [0.25, 0.3) is 0 Å². The third-order valence-corrected chi connectivity index (χ3v) is 3.37. The zero-order valence-electron chi connectivity index (χ0n) is 12.0. The van der Waals surface area contributed by atoms with Crippen LogP contribution >= 0.6 is 11.6 Å². The molecule has 0 aromatic heterocycles. The number of carbonyl (C=O) groups is 1. The highest BCUT2D eigenvalue weighted by Gasteiger charge is 2.12. The Morgan fingerprint density at radius 1 is 1.17 bits per heavy atom. The number of rotatable bonds is 5. The van der Waals surface area contributed by atoms with Crippen molar-refractivity contribution in [3.8, 4) is 0 Å². The largest absolute Gasteiger partial charge is 0.388 e. The van der Waals surface area contributed by atoms with Gasteiger partial charge in [-0.3, -0.25) is 0 Å². The molecule has 0 fully saturated rings. The molecular weight excluding hydrogens is 326 g/mol. The fraction of sp³-hybridized carbons (Fsp3) is 0.188. The first-order valence-corrected chi connectivity index (χ1v) is 7.27. The van der Waals surface area contributed by atoms with Gasteiger partial charge < -0.3 is 15.7 Å². The van der Waals surface area contributed by atoms with E-state index >= 15 is 0 Å². The second-order valence-electron chi connectivity index (χ2n) is 4.84. The molecule has 0 saturated heterocycles. The molecule has 0 bridgehead atoms. The van der Waals surface area contributed by atoms with Crippen LogP contribution in [0, 0.1) is 11.6 Å². The number of hydrogen-bond acceptors (Lipinski definition) is 2. The van der Waals surface area contributed by atoms with Crippen LogP contribution in [-0.2, 0) is 0 Å². The van der Waals surface area contributed by atoms with Crippen molar-refractivity contribution in [3.05, 3.63) is 64.7 Å².